The molecule has 1 saturated heterocycles. The van der Waals surface area contributed by atoms with E-state index in [2.05, 4.69) is 39.9 Å². The van der Waals surface area contributed by atoms with Crippen LogP contribution in [0.15, 0.2) is 42.7 Å². The largest absolute Gasteiger partial charge is 0.473 e. The van der Waals surface area contributed by atoms with Gasteiger partial charge in [0, 0.05) is 38.3 Å². The maximum absolute atomic E-state index is 12.9. The second-order valence-corrected chi connectivity index (χ2v) is 7.81. The summed E-state index contributed by atoms with van der Waals surface area (Å²) in [7, 11) is 0. The van der Waals surface area contributed by atoms with E-state index in [1.165, 1.54) is 5.57 Å². The number of rotatable bonds is 7. The minimum Gasteiger partial charge on any atom is -0.473 e. The summed E-state index contributed by atoms with van der Waals surface area (Å²) in [5.41, 5.74) is 3.71. The molecule has 1 aliphatic heterocycles. The molecule has 1 fully saturated rings. The lowest BCUT2D eigenvalue weighted by atomic mass is 10.1. The Kier molecular flexibility index (Phi) is 6.60. The van der Waals surface area contributed by atoms with E-state index in [1.807, 2.05) is 29.2 Å². The van der Waals surface area contributed by atoms with Crippen molar-refractivity contribution in [3.8, 4) is 5.88 Å². The summed E-state index contributed by atoms with van der Waals surface area (Å²) in [4.78, 5) is 31.3. The van der Waals surface area contributed by atoms with Gasteiger partial charge < -0.3 is 14.6 Å². The number of nitrogens with one attached hydrogen (secondary N) is 1. The van der Waals surface area contributed by atoms with E-state index in [4.69, 9.17) is 4.74 Å². The van der Waals surface area contributed by atoms with Crippen LogP contribution in [-0.2, 0) is 0 Å². The van der Waals surface area contributed by atoms with Gasteiger partial charge >= 0.3 is 0 Å². The number of piperidine rings is 1. The average Bonchev–Trinajstić information content (AvgIpc) is 3.24. The number of likely N-dealkylation sites (tertiary alicyclic amines) is 1. The Balaban J connectivity index is 1.40. The van der Waals surface area contributed by atoms with Crippen LogP contribution < -0.4 is 4.74 Å². The van der Waals surface area contributed by atoms with Crippen molar-refractivity contribution in [1.29, 1.82) is 0 Å². The van der Waals surface area contributed by atoms with Crippen molar-refractivity contribution in [2.24, 2.45) is 0 Å². The number of aromatic nitrogens is 4. The van der Waals surface area contributed by atoms with Gasteiger partial charge in [-0.05, 0) is 30.5 Å². The lowest BCUT2D eigenvalue weighted by Crippen LogP contribution is -2.42. The van der Waals surface area contributed by atoms with Crippen LogP contribution in [0.1, 0.15) is 62.3 Å². The predicted octanol–water partition coefficient (Wildman–Crippen LogP) is 4.63. The van der Waals surface area contributed by atoms with Crippen LogP contribution in [0.3, 0.4) is 0 Å². The molecule has 0 atom stereocenters. The van der Waals surface area contributed by atoms with Gasteiger partial charge in [-0.3, -0.25) is 4.79 Å². The quantitative estimate of drug-likeness (QED) is 0.604. The Morgan fingerprint density at radius 3 is 2.71 bits per heavy atom. The van der Waals surface area contributed by atoms with Crippen LogP contribution in [0, 0.1) is 0 Å². The molecule has 0 bridgehead atoms. The monoisotopic (exact) mass is 419 g/mol. The van der Waals surface area contributed by atoms with Crippen molar-refractivity contribution in [3.05, 3.63) is 54.3 Å². The second kappa shape index (κ2) is 9.73. The van der Waals surface area contributed by atoms with E-state index < -0.39 is 0 Å². The van der Waals surface area contributed by atoms with Gasteiger partial charge in [-0.1, -0.05) is 38.5 Å². The highest BCUT2D eigenvalue weighted by molar-refractivity contribution is 5.94. The normalized spacial score (nSPS) is 15.4. The number of hydrogen-bond donors (Lipinski definition) is 1. The van der Waals surface area contributed by atoms with Crippen molar-refractivity contribution in [1.82, 2.24) is 24.8 Å². The summed E-state index contributed by atoms with van der Waals surface area (Å²) >= 11 is 0. The average molecular weight is 420 g/mol. The van der Waals surface area contributed by atoms with E-state index in [-0.39, 0.29) is 12.0 Å². The Morgan fingerprint density at radius 1 is 1.19 bits per heavy atom. The summed E-state index contributed by atoms with van der Waals surface area (Å²) in [5.74, 6) is 0.925. The Bertz CT molecular complexity index is 1030. The number of nitrogens with zero attached hydrogens (tertiary/aromatic N) is 4. The molecule has 1 amide bonds. The molecule has 3 heterocycles. The lowest BCUT2D eigenvalue weighted by molar-refractivity contribution is 0.0576. The first-order chi connectivity index (χ1) is 15.2. The van der Waals surface area contributed by atoms with Crippen LogP contribution >= 0.6 is 0 Å². The highest BCUT2D eigenvalue weighted by Gasteiger charge is 2.27. The van der Waals surface area contributed by atoms with Crippen LogP contribution in [0.5, 0.6) is 5.88 Å². The van der Waals surface area contributed by atoms with E-state index in [9.17, 15) is 4.79 Å². The molecule has 0 aliphatic carbocycles. The zero-order valence-corrected chi connectivity index (χ0v) is 18.2. The lowest BCUT2D eigenvalue weighted by Gasteiger charge is -2.31. The van der Waals surface area contributed by atoms with Gasteiger partial charge in [0.15, 0.2) is 5.82 Å². The first kappa shape index (κ1) is 21.0. The predicted molar refractivity (Wildman–Crippen MR) is 121 cm³/mol. The summed E-state index contributed by atoms with van der Waals surface area (Å²) in [5, 5.41) is 0. The minimum absolute atomic E-state index is 0.0136. The fourth-order valence-corrected chi connectivity index (χ4v) is 4.00. The van der Waals surface area contributed by atoms with Crippen LogP contribution in [-0.4, -0.2) is 49.9 Å². The highest BCUT2D eigenvalue weighted by atomic mass is 16.5. The number of fused-ring (bicyclic) bond motifs is 1. The number of benzene rings is 1. The van der Waals surface area contributed by atoms with Crippen LogP contribution in [0.2, 0.25) is 0 Å². The molecule has 31 heavy (non-hydrogen) atoms. The maximum Gasteiger partial charge on any atom is 0.289 e. The molecule has 1 aliphatic rings. The third-order valence-electron chi connectivity index (χ3n) is 5.54. The van der Waals surface area contributed by atoms with Gasteiger partial charge in [-0.15, -0.1) is 0 Å². The molecular weight excluding hydrogens is 390 g/mol. The smallest absolute Gasteiger partial charge is 0.289 e. The van der Waals surface area contributed by atoms with Crippen LogP contribution in [0.4, 0.5) is 0 Å². The van der Waals surface area contributed by atoms with Crippen molar-refractivity contribution < 1.29 is 9.53 Å². The molecule has 7 heteroatoms. The van der Waals surface area contributed by atoms with E-state index in [0.29, 0.717) is 24.8 Å². The number of para-hydroxylation sites is 2. The van der Waals surface area contributed by atoms with Gasteiger partial charge in [0.05, 0.1) is 11.0 Å². The molecule has 0 saturated carbocycles. The molecule has 7 nitrogen and oxygen atoms in total. The Hall–Kier alpha value is -3.22. The molecule has 0 radical (unpaired) electrons. The summed E-state index contributed by atoms with van der Waals surface area (Å²) in [6, 6.07) is 7.68. The number of ether oxygens (including phenoxy) is 1. The van der Waals surface area contributed by atoms with Gasteiger partial charge in [0.25, 0.3) is 5.91 Å². The Labute approximate surface area is 182 Å². The summed E-state index contributed by atoms with van der Waals surface area (Å²) in [6.45, 7) is 5.54. The molecule has 1 aromatic carbocycles. The third kappa shape index (κ3) is 4.76. The van der Waals surface area contributed by atoms with Crippen molar-refractivity contribution in [3.63, 3.8) is 0 Å². The fraction of sp³-hybridized carbons (Fsp3) is 0.417. The summed E-state index contributed by atoms with van der Waals surface area (Å²) < 4.78 is 6.27. The first-order valence-corrected chi connectivity index (χ1v) is 11.1. The number of aromatic amines is 1. The zero-order valence-electron chi connectivity index (χ0n) is 18.2. The molecule has 0 spiro atoms. The number of carbonyl (C=O) groups excluding carboxylic acids is 1. The number of amides is 1. The van der Waals surface area contributed by atoms with E-state index in [0.717, 1.165) is 48.8 Å². The van der Waals surface area contributed by atoms with Crippen LogP contribution in [0.25, 0.3) is 16.6 Å². The van der Waals surface area contributed by atoms with Gasteiger partial charge in [0.2, 0.25) is 5.88 Å². The zero-order chi connectivity index (χ0) is 21.6. The Morgan fingerprint density at radius 2 is 1.97 bits per heavy atom. The van der Waals surface area contributed by atoms with Crippen molar-refractivity contribution in [2.75, 3.05) is 13.1 Å². The first-order valence-electron chi connectivity index (χ1n) is 11.1. The number of hydrogen-bond acceptors (Lipinski definition) is 5. The fourth-order valence-electron chi connectivity index (χ4n) is 4.00. The van der Waals surface area contributed by atoms with Crippen molar-refractivity contribution in [2.45, 2.75) is 52.1 Å². The molecule has 0 unspecified atom stereocenters. The minimum atomic E-state index is -0.0639. The van der Waals surface area contributed by atoms with Gasteiger partial charge in [-0.2, -0.15) is 0 Å². The number of allylic oxidation sites excluding steroid dienone is 2. The topological polar surface area (TPSA) is 84.0 Å². The van der Waals surface area contributed by atoms with Crippen molar-refractivity contribution >= 4 is 22.5 Å². The molecule has 3 aromatic rings. The summed E-state index contributed by atoms with van der Waals surface area (Å²) in [6.07, 6.45) is 10.1. The van der Waals surface area contributed by atoms with E-state index in [1.54, 1.807) is 12.4 Å². The number of imidazole rings is 1. The third-order valence-corrected chi connectivity index (χ3v) is 5.54. The molecular formula is C24H29N5O2. The van der Waals surface area contributed by atoms with Gasteiger partial charge in [-0.25, -0.2) is 15.0 Å². The SMILES string of the molecule is CCC=C(CCC)c1nccnc1OC1CCN(C(=O)c2nc3ccccc3[nH]2)CC1. The number of carbonyl (C=O) groups is 1. The highest BCUT2D eigenvalue weighted by Crippen LogP contribution is 2.28. The molecule has 162 valence electrons. The maximum atomic E-state index is 12.9. The standard InChI is InChI=1S/C24H29N5O2/c1-3-7-17(8-4-2)21-23(26-14-13-25-21)31-18-11-15-29(16-12-18)24(30)22-27-19-9-5-6-10-20(19)28-22/h5-7,9-10,13-14,18H,3-4,8,11-12,15-16H2,1-2H3,(H,27,28). The van der Waals surface area contributed by atoms with Gasteiger partial charge in [0.1, 0.15) is 11.8 Å². The molecule has 2 aromatic heterocycles. The second-order valence-electron chi connectivity index (χ2n) is 7.81. The number of H-pyrrole nitrogens is 1. The molecule has 4 rings (SSSR count). The van der Waals surface area contributed by atoms with E-state index >= 15 is 0 Å². The molecule has 1 N–H and O–H groups in total.